The van der Waals surface area contributed by atoms with Crippen molar-refractivity contribution in [3.05, 3.63) is 0 Å². The minimum Gasteiger partial charge on any atom is -0.168 e. The van der Waals surface area contributed by atoms with Crippen molar-refractivity contribution >= 4 is 34.4 Å². The van der Waals surface area contributed by atoms with Gasteiger partial charge in [0, 0.05) is 5.33 Å². The summed E-state index contributed by atoms with van der Waals surface area (Å²) in [6.07, 6.45) is 24.5. The van der Waals surface area contributed by atoms with E-state index in [-0.39, 0.29) is 0 Å². The summed E-state index contributed by atoms with van der Waals surface area (Å²) in [7, 11) is -1.30. The molecule has 0 aliphatic carbocycles. The molecule has 0 saturated heterocycles. The van der Waals surface area contributed by atoms with E-state index in [9.17, 15) is 0 Å². The van der Waals surface area contributed by atoms with Crippen LogP contribution in [0.4, 0.5) is 0 Å². The Morgan fingerprint density at radius 3 is 1.00 bits per heavy atom. The lowest BCUT2D eigenvalue weighted by molar-refractivity contribution is 0.529. The van der Waals surface area contributed by atoms with Gasteiger partial charge in [0.2, 0.25) is 0 Å². The molecule has 0 rings (SSSR count). The Kier molecular flexibility index (Phi) is 19.5. The highest BCUT2D eigenvalue weighted by molar-refractivity contribution is 9.09. The van der Waals surface area contributed by atoms with E-state index in [0.29, 0.717) is 0 Å². The van der Waals surface area contributed by atoms with Gasteiger partial charge in [0.25, 0.3) is 0 Å². The van der Waals surface area contributed by atoms with Crippen molar-refractivity contribution in [1.29, 1.82) is 0 Å². The van der Waals surface area contributed by atoms with E-state index >= 15 is 0 Å². The van der Waals surface area contributed by atoms with E-state index in [1.54, 1.807) is 0 Å². The van der Waals surface area contributed by atoms with Crippen LogP contribution in [0.15, 0.2) is 0 Å². The van der Waals surface area contributed by atoms with Gasteiger partial charge >= 0.3 is 0 Å². The zero-order valence-electron chi connectivity index (χ0n) is 16.7. The van der Waals surface area contributed by atoms with Crippen LogP contribution in [0, 0.1) is 0 Å². The van der Waals surface area contributed by atoms with Crippen LogP contribution in [0.3, 0.4) is 0 Å². The van der Waals surface area contributed by atoms with E-state index in [1.165, 1.54) is 121 Å². The van der Waals surface area contributed by atoms with Crippen LogP contribution in [0.25, 0.3) is 0 Å². The van der Waals surface area contributed by atoms with Crippen molar-refractivity contribution in [3.63, 3.8) is 0 Å². The fourth-order valence-corrected chi connectivity index (χ4v) is 5.18. The number of halogens is 2. The molecule has 0 aliphatic rings. The van der Waals surface area contributed by atoms with Gasteiger partial charge < -0.3 is 0 Å². The molecule has 146 valence electrons. The minimum absolute atomic E-state index is 1.18. The molecule has 0 fully saturated rings. The van der Waals surface area contributed by atoms with E-state index in [4.69, 9.17) is 11.1 Å². The van der Waals surface area contributed by atoms with Gasteiger partial charge in [0.15, 0.2) is 0 Å². The van der Waals surface area contributed by atoms with Crippen molar-refractivity contribution in [2.45, 2.75) is 128 Å². The SMILES string of the molecule is C[Si](C)(Cl)CCCCCCCCCCCCCCCCCCCBr. The summed E-state index contributed by atoms with van der Waals surface area (Å²) >= 11 is 9.85. The second-order valence-electron chi connectivity index (χ2n) is 8.17. The maximum atomic E-state index is 6.35. The van der Waals surface area contributed by atoms with Crippen LogP contribution in [-0.4, -0.2) is 12.7 Å². The Morgan fingerprint density at radius 1 is 0.500 bits per heavy atom. The summed E-state index contributed by atoms with van der Waals surface area (Å²) < 4.78 is 0. The summed E-state index contributed by atoms with van der Waals surface area (Å²) in [5.74, 6) is 0. The lowest BCUT2D eigenvalue weighted by Gasteiger charge is -2.11. The quantitative estimate of drug-likeness (QED) is 0.0813. The summed E-state index contributed by atoms with van der Waals surface area (Å²) in [6.45, 7) is 4.53. The van der Waals surface area contributed by atoms with Gasteiger partial charge in [-0.25, -0.2) is 0 Å². The molecule has 24 heavy (non-hydrogen) atoms. The lowest BCUT2D eigenvalue weighted by atomic mass is 10.0. The van der Waals surface area contributed by atoms with Gasteiger partial charge in [0.05, 0.1) is 0 Å². The summed E-state index contributed by atoms with van der Waals surface area (Å²) in [6, 6.07) is 1.30. The van der Waals surface area contributed by atoms with E-state index < -0.39 is 7.38 Å². The molecule has 0 saturated carbocycles. The van der Waals surface area contributed by atoms with Gasteiger partial charge in [-0.3, -0.25) is 0 Å². The Labute approximate surface area is 167 Å². The Hall–Kier alpha value is 0.987. The first-order valence-corrected chi connectivity index (χ1v) is 16.2. The number of rotatable bonds is 19. The molecule has 0 aromatic carbocycles. The van der Waals surface area contributed by atoms with Crippen LogP contribution in [0.1, 0.15) is 109 Å². The summed E-state index contributed by atoms with van der Waals surface area (Å²) in [5.41, 5.74) is 0. The first kappa shape index (κ1) is 25.0. The fraction of sp³-hybridized carbons (Fsp3) is 1.00. The third-order valence-electron chi connectivity index (χ3n) is 4.90. The maximum Gasteiger partial charge on any atom is 0.150 e. The van der Waals surface area contributed by atoms with E-state index in [1.807, 2.05) is 0 Å². The van der Waals surface area contributed by atoms with Gasteiger partial charge in [-0.1, -0.05) is 132 Å². The van der Waals surface area contributed by atoms with Crippen LogP contribution in [-0.2, 0) is 0 Å². The molecule has 0 bridgehead atoms. The monoisotopic (exact) mass is 438 g/mol. The molecule has 0 nitrogen and oxygen atoms in total. The molecule has 0 aromatic rings. The molecule has 0 aromatic heterocycles. The second-order valence-corrected chi connectivity index (χ2v) is 16.0. The van der Waals surface area contributed by atoms with Gasteiger partial charge in [0.1, 0.15) is 7.38 Å². The van der Waals surface area contributed by atoms with Crippen molar-refractivity contribution in [1.82, 2.24) is 0 Å². The molecular weight excluding hydrogens is 396 g/mol. The Bertz CT molecular complexity index is 240. The lowest BCUT2D eigenvalue weighted by Crippen LogP contribution is -2.14. The Morgan fingerprint density at radius 2 is 0.750 bits per heavy atom. The molecule has 0 N–H and O–H groups in total. The van der Waals surface area contributed by atoms with Crippen LogP contribution in [0.2, 0.25) is 19.1 Å². The number of hydrogen-bond acceptors (Lipinski definition) is 0. The number of unbranched alkanes of at least 4 members (excludes halogenated alkanes) is 16. The minimum atomic E-state index is -1.30. The smallest absolute Gasteiger partial charge is 0.150 e. The fourth-order valence-electron chi connectivity index (χ4n) is 3.29. The molecule has 0 radical (unpaired) electrons. The molecule has 0 unspecified atom stereocenters. The highest BCUT2D eigenvalue weighted by Crippen LogP contribution is 2.19. The molecule has 0 heterocycles. The largest absolute Gasteiger partial charge is 0.168 e. The zero-order valence-corrected chi connectivity index (χ0v) is 20.0. The molecule has 0 aliphatic heterocycles. The molecule has 0 spiro atoms. The van der Waals surface area contributed by atoms with Gasteiger partial charge in [-0.15, -0.1) is 0 Å². The molecular formula is C21H44BrClSi. The highest BCUT2D eigenvalue weighted by Gasteiger charge is 2.15. The normalized spacial score (nSPS) is 12.0. The van der Waals surface area contributed by atoms with Crippen LogP contribution >= 0.6 is 27.0 Å². The predicted octanol–water partition coefficient (Wildman–Crippen LogP) is 9.46. The van der Waals surface area contributed by atoms with Crippen molar-refractivity contribution in [2.75, 3.05) is 5.33 Å². The number of alkyl halides is 1. The molecule has 0 amide bonds. The third-order valence-corrected chi connectivity index (χ3v) is 7.58. The summed E-state index contributed by atoms with van der Waals surface area (Å²) in [5, 5.41) is 1.18. The van der Waals surface area contributed by atoms with E-state index in [0.717, 1.165) is 0 Å². The topological polar surface area (TPSA) is 0 Å². The average Bonchev–Trinajstić information content (AvgIpc) is 2.52. The van der Waals surface area contributed by atoms with E-state index in [2.05, 4.69) is 29.0 Å². The average molecular weight is 440 g/mol. The summed E-state index contributed by atoms with van der Waals surface area (Å²) in [4.78, 5) is 0. The number of hydrogen-bond donors (Lipinski definition) is 0. The standard InChI is InChI=1S/C21H44BrClSi/c1-24(2,23)21-19-17-15-13-11-9-7-5-3-4-6-8-10-12-14-16-18-20-22/h3-21H2,1-2H3. The van der Waals surface area contributed by atoms with Gasteiger partial charge in [-0.05, 0) is 12.5 Å². The van der Waals surface area contributed by atoms with Crippen LogP contribution < -0.4 is 0 Å². The second kappa shape index (κ2) is 18.8. The highest BCUT2D eigenvalue weighted by atomic mass is 79.9. The first-order valence-electron chi connectivity index (χ1n) is 10.8. The van der Waals surface area contributed by atoms with Gasteiger partial charge in [-0.2, -0.15) is 11.1 Å². The first-order chi connectivity index (χ1) is 11.6. The molecule has 0 atom stereocenters. The van der Waals surface area contributed by atoms with Crippen molar-refractivity contribution < 1.29 is 0 Å². The van der Waals surface area contributed by atoms with Crippen LogP contribution in [0.5, 0.6) is 0 Å². The van der Waals surface area contributed by atoms with Crippen molar-refractivity contribution in [3.8, 4) is 0 Å². The zero-order chi connectivity index (χ0) is 17.9. The molecule has 3 heteroatoms. The Balaban J connectivity index is 3.00. The maximum absolute atomic E-state index is 6.35. The third kappa shape index (κ3) is 23.0. The predicted molar refractivity (Wildman–Crippen MR) is 120 cm³/mol. The van der Waals surface area contributed by atoms with Crippen molar-refractivity contribution in [2.24, 2.45) is 0 Å².